The van der Waals surface area contributed by atoms with Gasteiger partial charge in [-0.3, -0.25) is 0 Å². The van der Waals surface area contributed by atoms with Gasteiger partial charge in [0.05, 0.1) is 18.6 Å². The zero-order chi connectivity index (χ0) is 25.3. The van der Waals surface area contributed by atoms with E-state index in [0.29, 0.717) is 40.6 Å². The normalized spacial score (nSPS) is 12.0. The van der Waals surface area contributed by atoms with Gasteiger partial charge in [-0.05, 0) is 50.7 Å². The Morgan fingerprint density at radius 1 is 1.09 bits per heavy atom. The maximum absolute atomic E-state index is 12.3. The summed E-state index contributed by atoms with van der Waals surface area (Å²) in [6, 6.07) is 17.2. The number of imidazole rings is 1. The lowest BCUT2D eigenvalue weighted by Gasteiger charge is -2.14. The lowest BCUT2D eigenvalue weighted by Crippen LogP contribution is -2.06. The molecule has 3 aromatic carbocycles. The van der Waals surface area contributed by atoms with Gasteiger partial charge in [0.25, 0.3) is 0 Å². The molecule has 35 heavy (non-hydrogen) atoms. The number of aliphatic hydroxyl groups is 1. The molecule has 0 saturated heterocycles. The van der Waals surface area contributed by atoms with Crippen LogP contribution in [0.3, 0.4) is 0 Å². The number of methoxy groups -OCH3 is 1. The highest BCUT2D eigenvalue weighted by molar-refractivity contribution is 9.10. The fourth-order valence-electron chi connectivity index (χ4n) is 4.35. The molecule has 6 nitrogen and oxygen atoms in total. The number of benzene rings is 3. The van der Waals surface area contributed by atoms with Crippen molar-refractivity contribution in [3.05, 3.63) is 75.8 Å². The van der Waals surface area contributed by atoms with Crippen LogP contribution >= 0.6 is 15.9 Å². The molecule has 0 spiro atoms. The molecule has 8 heteroatoms. The van der Waals surface area contributed by atoms with Crippen molar-refractivity contribution in [3.8, 4) is 17.1 Å². The van der Waals surface area contributed by atoms with Gasteiger partial charge in [0.2, 0.25) is 0 Å². The molecule has 4 rings (SSSR count). The molecule has 0 saturated carbocycles. The van der Waals surface area contributed by atoms with Crippen molar-refractivity contribution in [1.82, 2.24) is 9.55 Å². The molecule has 0 aliphatic heterocycles. The number of ether oxygens (including phenoxy) is 1. The van der Waals surface area contributed by atoms with Gasteiger partial charge in [0.1, 0.15) is 22.6 Å². The summed E-state index contributed by atoms with van der Waals surface area (Å²) >= 11 is 3.74. The van der Waals surface area contributed by atoms with Crippen LogP contribution in [0.15, 0.2) is 64.0 Å². The minimum atomic E-state index is -3.37. The molecule has 0 atom stereocenters. The zero-order valence-corrected chi connectivity index (χ0v) is 22.6. The van der Waals surface area contributed by atoms with Crippen LogP contribution in [0.2, 0.25) is 0 Å². The molecule has 1 heterocycles. The summed E-state index contributed by atoms with van der Waals surface area (Å²) in [5.41, 5.74) is 5.22. The molecular formula is C27H29BrN2O4S. The highest BCUT2D eigenvalue weighted by Crippen LogP contribution is 2.39. The van der Waals surface area contributed by atoms with Gasteiger partial charge < -0.3 is 14.4 Å². The quantitative estimate of drug-likeness (QED) is 0.306. The largest absolute Gasteiger partial charge is 0.494 e. The first-order chi connectivity index (χ1) is 16.7. The Labute approximate surface area is 214 Å². The summed E-state index contributed by atoms with van der Waals surface area (Å²) in [7, 11) is -1.77. The summed E-state index contributed by atoms with van der Waals surface area (Å²) in [5.74, 6) is 1.77. The third kappa shape index (κ3) is 5.01. The number of fused-ring (bicyclic) bond motifs is 1. The fraction of sp³-hybridized carbons (Fsp3) is 0.296. The molecule has 0 aliphatic rings. The zero-order valence-electron chi connectivity index (χ0n) is 20.2. The van der Waals surface area contributed by atoms with Crippen LogP contribution in [-0.2, 0) is 22.8 Å². The number of halogens is 1. The Balaban J connectivity index is 1.91. The van der Waals surface area contributed by atoms with E-state index in [1.54, 1.807) is 19.2 Å². The number of sulfone groups is 1. The number of aliphatic hydroxyl groups excluding tert-OH is 1. The number of hydrogen-bond donors (Lipinski definition) is 1. The van der Waals surface area contributed by atoms with E-state index < -0.39 is 9.84 Å². The van der Waals surface area contributed by atoms with E-state index in [4.69, 9.17) is 9.72 Å². The molecule has 4 aromatic rings. The highest BCUT2D eigenvalue weighted by Gasteiger charge is 2.22. The molecule has 0 bridgehead atoms. The van der Waals surface area contributed by atoms with Crippen molar-refractivity contribution in [2.45, 2.75) is 37.6 Å². The Morgan fingerprint density at radius 3 is 2.37 bits per heavy atom. The van der Waals surface area contributed by atoms with Gasteiger partial charge in [-0.2, -0.15) is 0 Å². The Hall–Kier alpha value is -2.68. The fourth-order valence-corrected chi connectivity index (χ4v) is 5.83. The van der Waals surface area contributed by atoms with E-state index in [-0.39, 0.29) is 6.61 Å². The lowest BCUT2D eigenvalue weighted by molar-refractivity contribution is 0.278. The van der Waals surface area contributed by atoms with E-state index in [9.17, 15) is 13.5 Å². The number of hydrogen-bond acceptors (Lipinski definition) is 5. The SMILES string of the molecule is COc1cc(Cc2ccccc2S(C)(=O)=O)c(Br)c2nc(-c3ccc(C(C)C)cc3)n(CCO)c12. The van der Waals surface area contributed by atoms with Crippen LogP contribution in [0.4, 0.5) is 0 Å². The second kappa shape index (κ2) is 10.1. The van der Waals surface area contributed by atoms with Gasteiger partial charge in [0, 0.05) is 29.3 Å². The van der Waals surface area contributed by atoms with E-state index in [1.807, 2.05) is 34.9 Å². The standard InChI is InChI=1S/C27H29BrN2O4S/c1-17(2)18-9-11-19(12-10-18)27-29-25-24(28)21(16-22(34-3)26(25)30(27)13-14-31)15-20-7-5-6-8-23(20)35(4,32)33/h5-12,16-17,31H,13-15H2,1-4H3. The third-order valence-corrected chi connectivity index (χ3v) is 8.21. The van der Waals surface area contributed by atoms with E-state index in [2.05, 4.69) is 41.9 Å². The molecule has 1 N–H and O–H groups in total. The van der Waals surface area contributed by atoms with E-state index >= 15 is 0 Å². The molecule has 0 aliphatic carbocycles. The first kappa shape index (κ1) is 25.4. The van der Waals surface area contributed by atoms with Gasteiger partial charge in [-0.25, -0.2) is 13.4 Å². The smallest absolute Gasteiger partial charge is 0.175 e. The van der Waals surface area contributed by atoms with Crippen LogP contribution in [-0.4, -0.2) is 43.0 Å². The van der Waals surface area contributed by atoms with Crippen LogP contribution in [0.5, 0.6) is 5.75 Å². The summed E-state index contributed by atoms with van der Waals surface area (Å²) in [6.45, 7) is 4.62. The van der Waals surface area contributed by atoms with Crippen molar-refractivity contribution in [2.75, 3.05) is 20.0 Å². The first-order valence-corrected chi connectivity index (χ1v) is 14.1. The average molecular weight is 558 g/mol. The summed E-state index contributed by atoms with van der Waals surface area (Å²) in [4.78, 5) is 5.27. The Morgan fingerprint density at radius 2 is 1.77 bits per heavy atom. The van der Waals surface area contributed by atoms with Gasteiger partial charge in [-0.15, -0.1) is 0 Å². The molecular weight excluding hydrogens is 528 g/mol. The van der Waals surface area contributed by atoms with Crippen molar-refractivity contribution in [2.24, 2.45) is 0 Å². The van der Waals surface area contributed by atoms with Gasteiger partial charge in [0.15, 0.2) is 9.84 Å². The second-order valence-corrected chi connectivity index (χ2v) is 11.7. The second-order valence-electron chi connectivity index (χ2n) is 8.89. The number of nitrogens with zero attached hydrogens (tertiary/aromatic N) is 2. The third-order valence-electron chi connectivity index (χ3n) is 6.13. The number of rotatable bonds is 8. The molecule has 0 amide bonds. The topological polar surface area (TPSA) is 81.4 Å². The Kier molecular flexibility index (Phi) is 7.35. The van der Waals surface area contributed by atoms with Crippen molar-refractivity contribution >= 4 is 36.8 Å². The van der Waals surface area contributed by atoms with Crippen LogP contribution in [0, 0.1) is 0 Å². The van der Waals surface area contributed by atoms with E-state index in [0.717, 1.165) is 26.9 Å². The van der Waals surface area contributed by atoms with Crippen molar-refractivity contribution in [1.29, 1.82) is 0 Å². The maximum atomic E-state index is 12.3. The molecule has 0 unspecified atom stereocenters. The van der Waals surface area contributed by atoms with Crippen LogP contribution < -0.4 is 4.74 Å². The molecule has 0 fully saturated rings. The number of aromatic nitrogens is 2. The van der Waals surface area contributed by atoms with Crippen LogP contribution in [0.1, 0.15) is 36.5 Å². The van der Waals surface area contributed by atoms with Crippen LogP contribution in [0.25, 0.3) is 22.4 Å². The first-order valence-electron chi connectivity index (χ1n) is 11.4. The van der Waals surface area contributed by atoms with E-state index in [1.165, 1.54) is 11.8 Å². The van der Waals surface area contributed by atoms with Gasteiger partial charge >= 0.3 is 0 Å². The minimum absolute atomic E-state index is 0.0488. The van der Waals surface area contributed by atoms with Crippen molar-refractivity contribution in [3.63, 3.8) is 0 Å². The predicted octanol–water partition coefficient (Wildman–Crippen LogP) is 5.58. The molecule has 0 radical (unpaired) electrons. The molecule has 1 aromatic heterocycles. The summed E-state index contributed by atoms with van der Waals surface area (Å²) in [6.07, 6.45) is 1.61. The van der Waals surface area contributed by atoms with Crippen molar-refractivity contribution < 1.29 is 18.3 Å². The molecule has 184 valence electrons. The highest BCUT2D eigenvalue weighted by atomic mass is 79.9. The lowest BCUT2D eigenvalue weighted by atomic mass is 10.0. The predicted molar refractivity (Wildman–Crippen MR) is 143 cm³/mol. The Bertz CT molecular complexity index is 1480. The summed E-state index contributed by atoms with van der Waals surface area (Å²) < 4.78 is 33.2. The summed E-state index contributed by atoms with van der Waals surface area (Å²) in [5, 5.41) is 9.82. The monoisotopic (exact) mass is 556 g/mol. The van der Waals surface area contributed by atoms with Gasteiger partial charge in [-0.1, -0.05) is 56.3 Å². The maximum Gasteiger partial charge on any atom is 0.175 e. The minimum Gasteiger partial charge on any atom is -0.494 e. The average Bonchev–Trinajstić information content (AvgIpc) is 3.20.